The molecule has 0 spiro atoms. The van der Waals surface area contributed by atoms with Gasteiger partial charge in [0.25, 0.3) is 0 Å². The highest BCUT2D eigenvalue weighted by Crippen LogP contribution is 2.30. The molecular weight excluding hydrogens is 250 g/mol. The Balaban J connectivity index is 1.45. The molecule has 0 amide bonds. The van der Waals surface area contributed by atoms with Crippen LogP contribution in [0.3, 0.4) is 0 Å². The van der Waals surface area contributed by atoms with Gasteiger partial charge >= 0.3 is 0 Å². The monoisotopic (exact) mass is 269 g/mol. The molecule has 0 radical (unpaired) electrons. The van der Waals surface area contributed by atoms with E-state index in [1.165, 1.54) is 38.0 Å². The molecule has 104 valence electrons. The van der Waals surface area contributed by atoms with E-state index in [2.05, 4.69) is 44.7 Å². The highest BCUT2D eigenvalue weighted by Gasteiger charge is 2.34. The fourth-order valence-corrected chi connectivity index (χ4v) is 3.00. The normalized spacial score (nSPS) is 23.1. The molecule has 1 N–H and O–H groups in total. The van der Waals surface area contributed by atoms with Crippen LogP contribution in [0.15, 0.2) is 36.9 Å². The largest absolute Gasteiger partial charge is 0.381 e. The Kier molecular flexibility index (Phi) is 2.92. The molecule has 5 heteroatoms. The summed E-state index contributed by atoms with van der Waals surface area (Å²) >= 11 is 0. The molecule has 1 aromatic heterocycles. The van der Waals surface area contributed by atoms with Gasteiger partial charge in [0, 0.05) is 30.9 Å². The molecule has 2 fully saturated rings. The molecule has 5 nitrogen and oxygen atoms in total. The second kappa shape index (κ2) is 4.90. The van der Waals surface area contributed by atoms with E-state index in [4.69, 9.17) is 0 Å². The van der Waals surface area contributed by atoms with Crippen molar-refractivity contribution < 1.29 is 0 Å². The zero-order chi connectivity index (χ0) is 13.4. The number of benzene rings is 1. The van der Waals surface area contributed by atoms with Crippen molar-refractivity contribution in [2.45, 2.75) is 31.3 Å². The molecule has 0 bridgehead atoms. The van der Waals surface area contributed by atoms with Gasteiger partial charge in [0.1, 0.15) is 12.7 Å². The highest BCUT2D eigenvalue weighted by atomic mass is 15.2. The summed E-state index contributed by atoms with van der Waals surface area (Å²) in [4.78, 5) is 2.63. The molecule has 1 aromatic carbocycles. The number of hydrogen-bond acceptors (Lipinski definition) is 4. The first-order valence-corrected chi connectivity index (χ1v) is 7.34. The minimum atomic E-state index is 0.576. The van der Waals surface area contributed by atoms with Crippen LogP contribution in [-0.2, 0) is 0 Å². The van der Waals surface area contributed by atoms with E-state index < -0.39 is 0 Å². The van der Waals surface area contributed by atoms with Crippen LogP contribution >= 0.6 is 0 Å². The van der Waals surface area contributed by atoms with Gasteiger partial charge in [0.05, 0.1) is 5.69 Å². The van der Waals surface area contributed by atoms with E-state index >= 15 is 0 Å². The van der Waals surface area contributed by atoms with Gasteiger partial charge in [-0.3, -0.25) is 9.47 Å². The summed E-state index contributed by atoms with van der Waals surface area (Å²) in [6.45, 7) is 2.43. The molecule has 2 heterocycles. The summed E-state index contributed by atoms with van der Waals surface area (Å²) in [6.07, 6.45) is 7.49. The zero-order valence-corrected chi connectivity index (χ0v) is 11.4. The third kappa shape index (κ3) is 2.41. The number of anilines is 1. The first-order chi connectivity index (χ1) is 9.88. The van der Waals surface area contributed by atoms with Crippen molar-refractivity contribution in [3.05, 3.63) is 36.9 Å². The van der Waals surface area contributed by atoms with Crippen molar-refractivity contribution in [2.24, 2.45) is 0 Å². The maximum absolute atomic E-state index is 3.85. The minimum Gasteiger partial charge on any atom is -0.381 e. The quantitative estimate of drug-likeness (QED) is 0.921. The lowest BCUT2D eigenvalue weighted by atomic mass is 10.2. The Labute approximate surface area is 118 Å². The Morgan fingerprint density at radius 2 is 1.95 bits per heavy atom. The van der Waals surface area contributed by atoms with Crippen LogP contribution in [0.2, 0.25) is 0 Å². The predicted octanol–water partition coefficient (Wildman–Crippen LogP) is 1.92. The van der Waals surface area contributed by atoms with Gasteiger partial charge < -0.3 is 5.32 Å². The number of nitrogens with one attached hydrogen (secondary N) is 1. The fraction of sp³-hybridized carbons (Fsp3) is 0.467. The van der Waals surface area contributed by atoms with E-state index in [0.717, 1.165) is 11.7 Å². The van der Waals surface area contributed by atoms with E-state index in [1.54, 1.807) is 12.7 Å². The van der Waals surface area contributed by atoms with Crippen LogP contribution in [0.1, 0.15) is 19.3 Å². The molecule has 20 heavy (non-hydrogen) atoms. The van der Waals surface area contributed by atoms with Gasteiger partial charge in [-0.1, -0.05) is 6.07 Å². The average molecular weight is 269 g/mol. The first kappa shape index (κ1) is 11.9. The van der Waals surface area contributed by atoms with Crippen LogP contribution in [-0.4, -0.2) is 44.8 Å². The average Bonchev–Trinajstić information content (AvgIpc) is 3.00. The molecule has 1 aliphatic heterocycles. The zero-order valence-electron chi connectivity index (χ0n) is 11.4. The van der Waals surface area contributed by atoms with Crippen molar-refractivity contribution in [1.82, 2.24) is 19.7 Å². The van der Waals surface area contributed by atoms with Crippen LogP contribution in [0, 0.1) is 0 Å². The minimum absolute atomic E-state index is 0.576. The van der Waals surface area contributed by atoms with Crippen molar-refractivity contribution >= 4 is 5.69 Å². The Hall–Kier alpha value is -1.88. The van der Waals surface area contributed by atoms with Crippen LogP contribution in [0.5, 0.6) is 0 Å². The summed E-state index contributed by atoms with van der Waals surface area (Å²) in [7, 11) is 0. The molecule has 4 rings (SSSR count). The number of likely N-dealkylation sites (tertiary alicyclic amines) is 1. The van der Waals surface area contributed by atoms with Gasteiger partial charge in [-0.2, -0.15) is 0 Å². The molecule has 1 atom stereocenters. The van der Waals surface area contributed by atoms with Gasteiger partial charge in [-0.05, 0) is 37.5 Å². The van der Waals surface area contributed by atoms with Crippen molar-refractivity contribution in [2.75, 3.05) is 18.4 Å². The highest BCUT2D eigenvalue weighted by molar-refractivity contribution is 5.51. The topological polar surface area (TPSA) is 46.0 Å². The van der Waals surface area contributed by atoms with Crippen LogP contribution in [0.4, 0.5) is 5.69 Å². The molecule has 1 saturated heterocycles. The lowest BCUT2D eigenvalue weighted by Crippen LogP contribution is -2.27. The molecule has 2 aromatic rings. The summed E-state index contributed by atoms with van der Waals surface area (Å²) in [5.74, 6) is 0. The Bertz CT molecular complexity index is 576. The standard InChI is InChI=1S/C15H19N5/c1-2-12(8-15(3-1)20-10-16-17-11-20)18-13-6-7-19(9-13)14-4-5-14/h1-3,8,10-11,13-14,18H,4-7,9H2. The maximum Gasteiger partial charge on any atom is 0.123 e. The van der Waals surface area contributed by atoms with E-state index in [9.17, 15) is 0 Å². The molecule has 1 unspecified atom stereocenters. The SMILES string of the molecule is c1cc(NC2CCN(C3CC3)C2)cc(-n2cnnc2)c1. The van der Waals surface area contributed by atoms with Crippen molar-refractivity contribution in [3.63, 3.8) is 0 Å². The van der Waals surface area contributed by atoms with Gasteiger partial charge in [0.15, 0.2) is 0 Å². The second-order valence-corrected chi connectivity index (χ2v) is 5.78. The number of hydrogen-bond donors (Lipinski definition) is 1. The lowest BCUT2D eigenvalue weighted by Gasteiger charge is -2.17. The summed E-state index contributed by atoms with van der Waals surface area (Å²) < 4.78 is 1.93. The summed E-state index contributed by atoms with van der Waals surface area (Å²) in [6, 6.07) is 9.89. The van der Waals surface area contributed by atoms with E-state index in [1.807, 2.05) is 4.57 Å². The van der Waals surface area contributed by atoms with Crippen LogP contribution in [0.25, 0.3) is 5.69 Å². The molecule has 1 aliphatic carbocycles. The Morgan fingerprint density at radius 1 is 1.10 bits per heavy atom. The van der Waals surface area contributed by atoms with Gasteiger partial charge in [-0.25, -0.2) is 0 Å². The van der Waals surface area contributed by atoms with Crippen LogP contribution < -0.4 is 5.32 Å². The maximum atomic E-state index is 3.85. The van der Waals surface area contributed by atoms with Crippen molar-refractivity contribution in [3.8, 4) is 5.69 Å². The molecule has 2 aliphatic rings. The van der Waals surface area contributed by atoms with E-state index in [-0.39, 0.29) is 0 Å². The number of rotatable bonds is 4. The number of aromatic nitrogens is 3. The van der Waals surface area contributed by atoms with Gasteiger partial charge in [-0.15, -0.1) is 10.2 Å². The van der Waals surface area contributed by atoms with E-state index in [0.29, 0.717) is 6.04 Å². The first-order valence-electron chi connectivity index (χ1n) is 7.34. The summed E-state index contributed by atoms with van der Waals surface area (Å²) in [5.41, 5.74) is 2.27. The third-order valence-corrected chi connectivity index (χ3v) is 4.22. The number of nitrogens with zero attached hydrogens (tertiary/aromatic N) is 4. The second-order valence-electron chi connectivity index (χ2n) is 5.78. The summed E-state index contributed by atoms with van der Waals surface area (Å²) in [5, 5.41) is 11.4. The smallest absolute Gasteiger partial charge is 0.123 e. The molecule has 1 saturated carbocycles. The molecular formula is C15H19N5. The lowest BCUT2D eigenvalue weighted by molar-refractivity contribution is 0.326. The van der Waals surface area contributed by atoms with Gasteiger partial charge in [0.2, 0.25) is 0 Å². The predicted molar refractivity (Wildman–Crippen MR) is 78.0 cm³/mol. The Morgan fingerprint density at radius 3 is 2.75 bits per heavy atom. The fourth-order valence-electron chi connectivity index (χ4n) is 3.00. The van der Waals surface area contributed by atoms with Crippen molar-refractivity contribution in [1.29, 1.82) is 0 Å². The third-order valence-electron chi connectivity index (χ3n) is 4.22.